The topological polar surface area (TPSA) is 13.1 Å². The maximum Gasteiger partial charge on any atom is 0.135 e. The summed E-state index contributed by atoms with van der Waals surface area (Å²) in [6.07, 6.45) is 1.60. The van der Waals surface area contributed by atoms with Crippen LogP contribution in [-0.4, -0.2) is 0 Å². The Morgan fingerprint density at radius 2 is 1.86 bits per heavy atom. The normalized spacial score (nSPS) is 10.5. The van der Waals surface area contributed by atoms with E-state index in [-0.39, 0.29) is 0 Å². The van der Waals surface area contributed by atoms with E-state index in [4.69, 9.17) is 27.6 Å². The molecule has 1 aromatic heterocycles. The molecule has 0 spiro atoms. The van der Waals surface area contributed by atoms with Crippen molar-refractivity contribution in [1.82, 2.24) is 0 Å². The van der Waals surface area contributed by atoms with E-state index >= 15 is 0 Å². The van der Waals surface area contributed by atoms with Crippen LogP contribution < -0.4 is 0 Å². The molecule has 0 radical (unpaired) electrons. The lowest BCUT2D eigenvalue weighted by atomic mass is 10.2. The van der Waals surface area contributed by atoms with Crippen molar-refractivity contribution in [3.8, 4) is 11.3 Å². The van der Waals surface area contributed by atoms with E-state index in [0.29, 0.717) is 15.8 Å². The van der Waals surface area contributed by atoms with Gasteiger partial charge in [-0.05, 0) is 40.2 Å². The quantitative estimate of drug-likeness (QED) is 0.673. The molecule has 1 aromatic carbocycles. The summed E-state index contributed by atoms with van der Waals surface area (Å²) < 4.78 is 6.01. The van der Waals surface area contributed by atoms with Crippen molar-refractivity contribution < 1.29 is 4.42 Å². The van der Waals surface area contributed by atoms with Gasteiger partial charge >= 0.3 is 0 Å². The minimum absolute atomic E-state index is 0.496. The second-order valence-electron chi connectivity index (χ2n) is 2.70. The van der Waals surface area contributed by atoms with Gasteiger partial charge in [-0.3, -0.25) is 0 Å². The summed E-state index contributed by atoms with van der Waals surface area (Å²) in [6, 6.07) is 7.34. The van der Waals surface area contributed by atoms with Gasteiger partial charge in [0.25, 0.3) is 0 Å². The monoisotopic (exact) mass is 290 g/mol. The van der Waals surface area contributed by atoms with E-state index in [9.17, 15) is 0 Å². The first kappa shape index (κ1) is 10.1. The van der Waals surface area contributed by atoms with Gasteiger partial charge in [0.15, 0.2) is 0 Å². The highest BCUT2D eigenvalue weighted by Crippen LogP contribution is 2.38. The molecule has 0 aliphatic carbocycles. The lowest BCUT2D eigenvalue weighted by Gasteiger charge is -2.04. The molecule has 0 saturated heterocycles. The van der Waals surface area contributed by atoms with Crippen LogP contribution in [0.4, 0.5) is 0 Å². The van der Waals surface area contributed by atoms with Crippen LogP contribution in [0.25, 0.3) is 11.3 Å². The third-order valence-electron chi connectivity index (χ3n) is 1.82. The number of benzene rings is 1. The molecule has 1 heterocycles. The van der Waals surface area contributed by atoms with E-state index < -0.39 is 0 Å². The van der Waals surface area contributed by atoms with E-state index in [2.05, 4.69) is 15.9 Å². The van der Waals surface area contributed by atoms with Crippen LogP contribution in [0.3, 0.4) is 0 Å². The van der Waals surface area contributed by atoms with E-state index in [1.165, 1.54) is 0 Å². The predicted octanol–water partition coefficient (Wildman–Crippen LogP) is 5.02. The van der Waals surface area contributed by atoms with Crippen molar-refractivity contribution in [2.24, 2.45) is 0 Å². The van der Waals surface area contributed by atoms with Gasteiger partial charge in [-0.25, -0.2) is 0 Å². The third-order valence-corrected chi connectivity index (χ3v) is 3.59. The van der Waals surface area contributed by atoms with Crippen LogP contribution in [0.1, 0.15) is 0 Å². The van der Waals surface area contributed by atoms with E-state index in [1.807, 2.05) is 24.3 Å². The molecular formula is C10H5BrCl2O. The van der Waals surface area contributed by atoms with Gasteiger partial charge in [0, 0.05) is 10.0 Å². The van der Waals surface area contributed by atoms with Crippen LogP contribution in [0.2, 0.25) is 10.0 Å². The molecule has 0 N–H and O–H groups in total. The van der Waals surface area contributed by atoms with Crippen molar-refractivity contribution in [2.75, 3.05) is 0 Å². The molecule has 2 aromatic rings. The molecule has 0 fully saturated rings. The molecule has 4 heteroatoms. The van der Waals surface area contributed by atoms with Crippen LogP contribution in [0.5, 0.6) is 0 Å². The van der Waals surface area contributed by atoms with Gasteiger partial charge in [0.2, 0.25) is 0 Å². The van der Waals surface area contributed by atoms with Crippen molar-refractivity contribution in [2.45, 2.75) is 0 Å². The Kier molecular flexibility index (Phi) is 2.86. The Hall–Kier alpha value is -0.440. The van der Waals surface area contributed by atoms with Gasteiger partial charge in [-0.1, -0.05) is 23.2 Å². The number of halogens is 3. The zero-order valence-corrected chi connectivity index (χ0v) is 10.0. The maximum absolute atomic E-state index is 6.07. The molecule has 2 rings (SSSR count). The first-order chi connectivity index (χ1) is 6.70. The van der Waals surface area contributed by atoms with Gasteiger partial charge in [0.1, 0.15) is 5.76 Å². The van der Waals surface area contributed by atoms with Crippen molar-refractivity contribution >= 4 is 39.1 Å². The second kappa shape index (κ2) is 3.97. The van der Waals surface area contributed by atoms with Crippen LogP contribution in [-0.2, 0) is 0 Å². The summed E-state index contributed by atoms with van der Waals surface area (Å²) in [5, 5.41) is 0.997. The Morgan fingerprint density at radius 1 is 1.07 bits per heavy atom. The highest BCUT2D eigenvalue weighted by atomic mass is 79.9. The first-order valence-electron chi connectivity index (χ1n) is 3.87. The number of hydrogen-bond acceptors (Lipinski definition) is 1. The zero-order valence-electron chi connectivity index (χ0n) is 6.93. The average molecular weight is 292 g/mol. The minimum atomic E-state index is 0.496. The lowest BCUT2D eigenvalue weighted by molar-refractivity contribution is 0.582. The van der Waals surface area contributed by atoms with Gasteiger partial charge in [-0.2, -0.15) is 0 Å². The van der Waals surface area contributed by atoms with Gasteiger partial charge in [-0.15, -0.1) is 0 Å². The predicted molar refractivity (Wildman–Crippen MR) is 61.9 cm³/mol. The van der Waals surface area contributed by atoms with Gasteiger partial charge in [0.05, 0.1) is 16.3 Å². The molecule has 0 bridgehead atoms. The Labute approximate surface area is 99.8 Å². The number of rotatable bonds is 1. The van der Waals surface area contributed by atoms with Crippen LogP contribution in [0, 0.1) is 0 Å². The Morgan fingerprint density at radius 3 is 2.50 bits per heavy atom. The van der Waals surface area contributed by atoms with Crippen LogP contribution in [0.15, 0.2) is 39.4 Å². The molecule has 0 aliphatic heterocycles. The molecule has 72 valence electrons. The SMILES string of the molecule is Clc1c(Br)ccc(-c2ccco2)c1Cl. The molecule has 1 nitrogen and oxygen atoms in total. The minimum Gasteiger partial charge on any atom is -0.464 e. The van der Waals surface area contributed by atoms with Crippen molar-refractivity contribution in [3.63, 3.8) is 0 Å². The molecule has 0 amide bonds. The summed E-state index contributed by atoms with van der Waals surface area (Å²) in [5.41, 5.74) is 0.796. The molecular weight excluding hydrogens is 287 g/mol. The maximum atomic E-state index is 6.07. The Bertz CT molecular complexity index is 451. The molecule has 14 heavy (non-hydrogen) atoms. The molecule has 0 saturated carbocycles. The summed E-state index contributed by atoms with van der Waals surface area (Å²) >= 11 is 15.3. The summed E-state index contributed by atoms with van der Waals surface area (Å²) in [4.78, 5) is 0. The fraction of sp³-hybridized carbons (Fsp3) is 0. The smallest absolute Gasteiger partial charge is 0.135 e. The number of hydrogen-bond donors (Lipinski definition) is 0. The Balaban J connectivity index is 2.61. The molecule has 0 unspecified atom stereocenters. The molecule has 0 atom stereocenters. The molecule has 0 aliphatic rings. The largest absolute Gasteiger partial charge is 0.464 e. The second-order valence-corrected chi connectivity index (χ2v) is 4.31. The summed E-state index contributed by atoms with van der Waals surface area (Å²) in [5.74, 6) is 0.712. The highest BCUT2D eigenvalue weighted by molar-refractivity contribution is 9.10. The van der Waals surface area contributed by atoms with Crippen LogP contribution >= 0.6 is 39.1 Å². The first-order valence-corrected chi connectivity index (χ1v) is 5.42. The zero-order chi connectivity index (χ0) is 10.1. The van der Waals surface area contributed by atoms with Crippen molar-refractivity contribution in [3.05, 3.63) is 45.0 Å². The van der Waals surface area contributed by atoms with Gasteiger partial charge < -0.3 is 4.42 Å². The standard InChI is InChI=1S/C10H5BrCl2O/c11-7-4-3-6(9(12)10(7)13)8-2-1-5-14-8/h1-5H. The number of furan rings is 1. The highest BCUT2D eigenvalue weighted by Gasteiger charge is 2.11. The van der Waals surface area contributed by atoms with Crippen molar-refractivity contribution in [1.29, 1.82) is 0 Å². The summed E-state index contributed by atoms with van der Waals surface area (Å²) in [6.45, 7) is 0. The fourth-order valence-corrected chi connectivity index (χ4v) is 2.02. The lowest BCUT2D eigenvalue weighted by Crippen LogP contribution is -1.79. The van der Waals surface area contributed by atoms with E-state index in [0.717, 1.165) is 10.0 Å². The fourth-order valence-electron chi connectivity index (χ4n) is 1.15. The average Bonchev–Trinajstić information content (AvgIpc) is 2.67. The summed E-state index contributed by atoms with van der Waals surface area (Å²) in [7, 11) is 0. The third kappa shape index (κ3) is 1.70. The van der Waals surface area contributed by atoms with E-state index in [1.54, 1.807) is 6.26 Å².